The van der Waals surface area contributed by atoms with Gasteiger partial charge in [0.15, 0.2) is 5.78 Å². The van der Waals surface area contributed by atoms with Crippen LogP contribution >= 0.6 is 11.6 Å². The summed E-state index contributed by atoms with van der Waals surface area (Å²) in [6.45, 7) is 0. The van der Waals surface area contributed by atoms with E-state index in [0.29, 0.717) is 10.6 Å². The largest absolute Gasteiger partial charge is 0.329 e. The van der Waals surface area contributed by atoms with E-state index in [1.54, 1.807) is 24.3 Å². The van der Waals surface area contributed by atoms with E-state index in [1.165, 1.54) is 18.3 Å². The topological polar surface area (TPSA) is 49.9 Å². The van der Waals surface area contributed by atoms with Gasteiger partial charge in [-0.3, -0.25) is 9.59 Å². The number of aromatic amines is 1. The molecule has 0 fully saturated rings. The molecule has 0 amide bonds. The molecule has 0 aliphatic rings. The van der Waals surface area contributed by atoms with Crippen LogP contribution in [0.4, 0.5) is 0 Å². The van der Waals surface area contributed by atoms with Gasteiger partial charge < -0.3 is 4.98 Å². The average molecular weight is 260 g/mol. The number of ketones is 1. The molecule has 0 saturated carbocycles. The van der Waals surface area contributed by atoms with E-state index in [2.05, 4.69) is 4.98 Å². The summed E-state index contributed by atoms with van der Waals surface area (Å²) in [7, 11) is 0. The van der Waals surface area contributed by atoms with Gasteiger partial charge >= 0.3 is 0 Å². The summed E-state index contributed by atoms with van der Waals surface area (Å²) >= 11 is 5.76. The van der Waals surface area contributed by atoms with E-state index < -0.39 is 0 Å². The van der Waals surface area contributed by atoms with Gasteiger partial charge in [0.25, 0.3) is 0 Å². The quantitative estimate of drug-likeness (QED) is 0.681. The van der Waals surface area contributed by atoms with Gasteiger partial charge in [0, 0.05) is 22.8 Å². The molecule has 0 radical (unpaired) electrons. The number of aromatic nitrogens is 1. The Morgan fingerprint density at radius 1 is 1.17 bits per heavy atom. The summed E-state index contributed by atoms with van der Waals surface area (Å²) in [5.41, 5.74) is 0.947. The minimum Gasteiger partial charge on any atom is -0.329 e. The Morgan fingerprint density at radius 3 is 2.56 bits per heavy atom. The van der Waals surface area contributed by atoms with E-state index in [1.807, 2.05) is 12.1 Å². The van der Waals surface area contributed by atoms with Crippen LogP contribution in [-0.4, -0.2) is 10.8 Å². The number of hydrogen-bond donors (Lipinski definition) is 1. The number of H-pyrrole nitrogens is 1. The normalized spacial score (nSPS) is 10.7. The number of rotatable bonds is 3. The number of benzene rings is 1. The Bertz CT molecular complexity index is 641. The number of halogens is 1. The van der Waals surface area contributed by atoms with Crippen LogP contribution in [0, 0.1) is 0 Å². The predicted molar refractivity (Wildman–Crippen MR) is 71.9 cm³/mol. The van der Waals surface area contributed by atoms with Gasteiger partial charge in [-0.25, -0.2) is 0 Å². The molecule has 4 heteroatoms. The molecule has 2 aromatic rings. The molecule has 3 nitrogen and oxygen atoms in total. The molecule has 0 atom stereocenters. The Hall–Kier alpha value is -2.13. The van der Waals surface area contributed by atoms with Crippen LogP contribution in [0.15, 0.2) is 53.5 Å². The summed E-state index contributed by atoms with van der Waals surface area (Å²) in [4.78, 5) is 25.3. The third-order valence-corrected chi connectivity index (χ3v) is 2.61. The van der Waals surface area contributed by atoms with Crippen LogP contribution in [0.3, 0.4) is 0 Å². The second-order valence-corrected chi connectivity index (χ2v) is 4.13. The van der Waals surface area contributed by atoms with Crippen LogP contribution < -0.4 is 5.56 Å². The van der Waals surface area contributed by atoms with Crippen molar-refractivity contribution in [3.8, 4) is 0 Å². The molecule has 0 aliphatic heterocycles. The van der Waals surface area contributed by atoms with Crippen LogP contribution in [0.1, 0.15) is 15.9 Å². The molecule has 1 aromatic heterocycles. The fraction of sp³-hybridized carbons (Fsp3) is 0. The zero-order valence-corrected chi connectivity index (χ0v) is 10.1. The average Bonchev–Trinajstić information content (AvgIpc) is 2.38. The van der Waals surface area contributed by atoms with E-state index >= 15 is 0 Å². The van der Waals surface area contributed by atoms with Crippen molar-refractivity contribution >= 4 is 23.5 Å². The molecular formula is C14H10ClNO2. The minimum absolute atomic E-state index is 0.212. The number of nitrogens with one attached hydrogen (secondary N) is 1. The highest BCUT2D eigenvalue weighted by atomic mass is 35.5. The minimum atomic E-state index is -0.291. The molecule has 0 spiro atoms. The zero-order valence-electron chi connectivity index (χ0n) is 9.39. The van der Waals surface area contributed by atoms with E-state index in [-0.39, 0.29) is 11.3 Å². The second-order valence-electron chi connectivity index (χ2n) is 3.69. The lowest BCUT2D eigenvalue weighted by Crippen LogP contribution is -2.06. The van der Waals surface area contributed by atoms with Crippen LogP contribution in [0.5, 0.6) is 0 Å². The SMILES string of the molecule is O=C(C=Cc1ccc(Cl)cc1)c1cc[nH]c(=O)c1. The molecular weight excluding hydrogens is 250 g/mol. The first kappa shape index (κ1) is 12.3. The monoisotopic (exact) mass is 259 g/mol. The molecule has 0 aliphatic carbocycles. The van der Waals surface area contributed by atoms with Gasteiger partial charge in [-0.1, -0.05) is 29.8 Å². The third-order valence-electron chi connectivity index (χ3n) is 2.36. The summed E-state index contributed by atoms with van der Waals surface area (Å²) in [6.07, 6.45) is 4.56. The van der Waals surface area contributed by atoms with Gasteiger partial charge in [0.05, 0.1) is 0 Å². The summed E-state index contributed by atoms with van der Waals surface area (Å²) in [6, 6.07) is 9.95. The van der Waals surface area contributed by atoms with Gasteiger partial charge in [-0.05, 0) is 29.8 Å². The Labute approximate surface area is 109 Å². The Balaban J connectivity index is 2.16. The molecule has 1 aromatic carbocycles. The van der Waals surface area contributed by atoms with Crippen LogP contribution in [0.2, 0.25) is 5.02 Å². The lowest BCUT2D eigenvalue weighted by molar-refractivity contribution is 0.104. The van der Waals surface area contributed by atoms with E-state index in [4.69, 9.17) is 11.6 Å². The number of carbonyl (C=O) groups is 1. The fourth-order valence-electron chi connectivity index (χ4n) is 1.44. The molecule has 0 bridgehead atoms. The van der Waals surface area contributed by atoms with Crippen molar-refractivity contribution < 1.29 is 4.79 Å². The first-order valence-electron chi connectivity index (χ1n) is 5.32. The third kappa shape index (κ3) is 3.18. The molecule has 2 rings (SSSR count). The number of allylic oxidation sites excluding steroid dienone is 1. The predicted octanol–water partition coefficient (Wildman–Crippen LogP) is 2.92. The lowest BCUT2D eigenvalue weighted by atomic mass is 10.1. The number of hydrogen-bond acceptors (Lipinski definition) is 2. The first-order valence-corrected chi connectivity index (χ1v) is 5.70. The van der Waals surface area contributed by atoms with Crippen molar-refractivity contribution in [2.45, 2.75) is 0 Å². The molecule has 1 N–H and O–H groups in total. The zero-order chi connectivity index (χ0) is 13.0. The highest BCUT2D eigenvalue weighted by molar-refractivity contribution is 6.30. The standard InChI is InChI=1S/C14H10ClNO2/c15-12-4-1-10(2-5-12)3-6-13(17)11-7-8-16-14(18)9-11/h1-9H,(H,16,18). The maximum atomic E-state index is 11.8. The Kier molecular flexibility index (Phi) is 3.75. The van der Waals surface area contributed by atoms with E-state index in [9.17, 15) is 9.59 Å². The van der Waals surface area contributed by atoms with Crippen molar-refractivity contribution in [3.05, 3.63) is 75.2 Å². The van der Waals surface area contributed by atoms with Crippen molar-refractivity contribution in [1.82, 2.24) is 4.98 Å². The van der Waals surface area contributed by atoms with Gasteiger partial charge in [0.2, 0.25) is 5.56 Å². The first-order chi connectivity index (χ1) is 8.65. The van der Waals surface area contributed by atoms with Crippen molar-refractivity contribution in [1.29, 1.82) is 0 Å². The maximum Gasteiger partial charge on any atom is 0.248 e. The number of pyridine rings is 1. The second kappa shape index (κ2) is 5.47. The van der Waals surface area contributed by atoms with Crippen LogP contribution in [-0.2, 0) is 0 Å². The van der Waals surface area contributed by atoms with Gasteiger partial charge in [-0.2, -0.15) is 0 Å². The summed E-state index contributed by atoms with van der Waals surface area (Å²) < 4.78 is 0. The van der Waals surface area contributed by atoms with Gasteiger partial charge in [-0.15, -0.1) is 0 Å². The maximum absolute atomic E-state index is 11.8. The van der Waals surface area contributed by atoms with Crippen molar-refractivity contribution in [2.24, 2.45) is 0 Å². The molecule has 90 valence electrons. The molecule has 18 heavy (non-hydrogen) atoms. The van der Waals surface area contributed by atoms with Gasteiger partial charge in [0.1, 0.15) is 0 Å². The van der Waals surface area contributed by atoms with Crippen molar-refractivity contribution in [3.63, 3.8) is 0 Å². The fourth-order valence-corrected chi connectivity index (χ4v) is 1.57. The van der Waals surface area contributed by atoms with Crippen molar-refractivity contribution in [2.75, 3.05) is 0 Å². The number of carbonyl (C=O) groups excluding carboxylic acids is 1. The molecule has 0 unspecified atom stereocenters. The highest BCUT2D eigenvalue weighted by Crippen LogP contribution is 2.11. The smallest absolute Gasteiger partial charge is 0.248 e. The molecule has 0 saturated heterocycles. The Morgan fingerprint density at radius 2 is 1.89 bits per heavy atom. The summed E-state index contributed by atoms with van der Waals surface area (Å²) in [5, 5.41) is 0.646. The summed E-state index contributed by atoms with van der Waals surface area (Å²) in [5.74, 6) is -0.212. The highest BCUT2D eigenvalue weighted by Gasteiger charge is 2.01. The molecule has 1 heterocycles. The van der Waals surface area contributed by atoms with E-state index in [0.717, 1.165) is 5.56 Å². The lowest BCUT2D eigenvalue weighted by Gasteiger charge is -1.95. The van der Waals surface area contributed by atoms with Crippen LogP contribution in [0.25, 0.3) is 6.08 Å².